The maximum atomic E-state index is 12.9. The Morgan fingerprint density at radius 1 is 1.36 bits per heavy atom. The number of nitrogens with one attached hydrogen (secondary N) is 3. The first-order chi connectivity index (χ1) is 11.4. The van der Waals surface area contributed by atoms with Crippen LogP contribution in [0.15, 0.2) is 18.2 Å². The third-order valence-corrected chi connectivity index (χ3v) is 3.67. The zero-order valence-electron chi connectivity index (χ0n) is 13.9. The van der Waals surface area contributed by atoms with E-state index in [1.54, 1.807) is 0 Å². The van der Waals surface area contributed by atoms with Crippen molar-refractivity contribution in [2.24, 2.45) is 0 Å². The van der Waals surface area contributed by atoms with Crippen molar-refractivity contribution in [1.29, 1.82) is 0 Å². The highest BCUT2D eigenvalue weighted by Crippen LogP contribution is 2.34. The summed E-state index contributed by atoms with van der Waals surface area (Å²) in [5.41, 5.74) is -0.227. The first-order valence-electron chi connectivity index (χ1n) is 8.00. The number of anilines is 2. The summed E-state index contributed by atoms with van der Waals surface area (Å²) < 4.78 is 44.1. The molecule has 9 heteroatoms. The van der Waals surface area contributed by atoms with Gasteiger partial charge in [-0.3, -0.25) is 4.79 Å². The van der Waals surface area contributed by atoms with Crippen molar-refractivity contribution in [1.82, 2.24) is 5.32 Å². The predicted molar refractivity (Wildman–Crippen MR) is 93.3 cm³/mol. The topological polar surface area (TPSA) is 62.4 Å². The van der Waals surface area contributed by atoms with Crippen LogP contribution in [-0.2, 0) is 15.7 Å². The number of unbranched alkanes of at least 4 members (excludes halogenated alkanes) is 1. The van der Waals surface area contributed by atoms with Gasteiger partial charge in [-0.1, -0.05) is 13.3 Å². The molecule has 0 aliphatic carbocycles. The molecule has 0 spiro atoms. The minimum absolute atomic E-state index is 0. The van der Waals surface area contributed by atoms with E-state index in [4.69, 9.17) is 4.74 Å². The van der Waals surface area contributed by atoms with E-state index in [2.05, 4.69) is 16.0 Å². The molecule has 142 valence electrons. The van der Waals surface area contributed by atoms with Crippen LogP contribution in [-0.4, -0.2) is 38.3 Å². The standard InChI is InChI=1S/C16H22F3N3O2.ClH/c1-2-3-6-21-12-5-4-11(16(17,18)19)9-13(12)22-15(23)14-10-20-7-8-24-14;/h4-5,9,14,20-21H,2-3,6-8,10H2,1H3,(H,22,23);1H/t14-;/m1./s1. The number of rotatable bonds is 6. The molecule has 1 fully saturated rings. The molecule has 1 aromatic carbocycles. The molecule has 5 nitrogen and oxygen atoms in total. The van der Waals surface area contributed by atoms with Crippen LogP contribution in [0.5, 0.6) is 0 Å². The Labute approximate surface area is 151 Å². The summed E-state index contributed by atoms with van der Waals surface area (Å²) in [4.78, 5) is 12.2. The van der Waals surface area contributed by atoms with Crippen molar-refractivity contribution in [2.45, 2.75) is 32.0 Å². The van der Waals surface area contributed by atoms with Crippen molar-refractivity contribution in [3.8, 4) is 0 Å². The van der Waals surface area contributed by atoms with Gasteiger partial charge in [0.1, 0.15) is 6.10 Å². The van der Waals surface area contributed by atoms with Gasteiger partial charge in [0.25, 0.3) is 5.91 Å². The Morgan fingerprint density at radius 3 is 2.72 bits per heavy atom. The fourth-order valence-electron chi connectivity index (χ4n) is 2.33. The molecule has 0 aromatic heterocycles. The molecule has 1 saturated heterocycles. The monoisotopic (exact) mass is 381 g/mol. The summed E-state index contributed by atoms with van der Waals surface area (Å²) in [7, 11) is 0. The second-order valence-electron chi connectivity index (χ2n) is 5.59. The van der Waals surface area contributed by atoms with Gasteiger partial charge in [-0.05, 0) is 24.6 Å². The molecule has 0 radical (unpaired) electrons. The van der Waals surface area contributed by atoms with Crippen molar-refractivity contribution in [2.75, 3.05) is 36.9 Å². The van der Waals surface area contributed by atoms with Gasteiger partial charge in [0.05, 0.1) is 23.5 Å². The summed E-state index contributed by atoms with van der Waals surface area (Å²) in [6, 6.07) is 3.29. The fourth-order valence-corrected chi connectivity index (χ4v) is 2.33. The number of halogens is 4. The van der Waals surface area contributed by atoms with Gasteiger partial charge >= 0.3 is 6.18 Å². The fraction of sp³-hybridized carbons (Fsp3) is 0.562. The lowest BCUT2D eigenvalue weighted by Crippen LogP contribution is -2.45. The number of carbonyl (C=O) groups excluding carboxylic acids is 1. The van der Waals surface area contributed by atoms with Gasteiger partial charge < -0.3 is 20.7 Å². The molecular formula is C16H23ClF3N3O2. The number of morpholine rings is 1. The predicted octanol–water partition coefficient (Wildman–Crippen LogP) is 3.27. The molecular weight excluding hydrogens is 359 g/mol. The average Bonchev–Trinajstić information content (AvgIpc) is 2.56. The van der Waals surface area contributed by atoms with Gasteiger partial charge in [-0.2, -0.15) is 13.2 Å². The van der Waals surface area contributed by atoms with Gasteiger partial charge in [-0.15, -0.1) is 12.4 Å². The highest BCUT2D eigenvalue weighted by molar-refractivity contribution is 5.97. The SMILES string of the molecule is CCCCNc1ccc(C(F)(F)F)cc1NC(=O)[C@H]1CNCCO1.Cl. The lowest BCUT2D eigenvalue weighted by molar-refractivity contribution is -0.137. The van der Waals surface area contributed by atoms with E-state index < -0.39 is 23.8 Å². The number of amides is 1. The molecule has 0 saturated carbocycles. The summed E-state index contributed by atoms with van der Waals surface area (Å²) >= 11 is 0. The molecule has 1 heterocycles. The first kappa shape index (κ1) is 21.5. The van der Waals surface area contributed by atoms with Crippen molar-refractivity contribution >= 4 is 29.7 Å². The maximum Gasteiger partial charge on any atom is 0.416 e. The quantitative estimate of drug-likeness (QED) is 0.662. The Morgan fingerprint density at radius 2 is 2.12 bits per heavy atom. The zero-order chi connectivity index (χ0) is 17.6. The van der Waals surface area contributed by atoms with E-state index in [0.717, 1.165) is 25.0 Å². The van der Waals surface area contributed by atoms with Crippen molar-refractivity contribution in [3.05, 3.63) is 23.8 Å². The number of benzene rings is 1. The minimum Gasteiger partial charge on any atom is -0.383 e. The normalized spacial score (nSPS) is 17.5. The minimum atomic E-state index is -4.47. The molecule has 1 aliphatic heterocycles. The van der Waals surface area contributed by atoms with Gasteiger partial charge in [-0.25, -0.2) is 0 Å². The zero-order valence-corrected chi connectivity index (χ0v) is 14.7. The summed E-state index contributed by atoms with van der Waals surface area (Å²) in [6.45, 7) is 4.01. The number of hydrogen-bond donors (Lipinski definition) is 3. The van der Waals surface area contributed by atoms with Crippen LogP contribution in [0.1, 0.15) is 25.3 Å². The van der Waals surface area contributed by atoms with Crippen LogP contribution in [0.4, 0.5) is 24.5 Å². The van der Waals surface area contributed by atoms with E-state index >= 15 is 0 Å². The Kier molecular flexibility index (Phi) is 8.47. The molecule has 3 N–H and O–H groups in total. The summed E-state index contributed by atoms with van der Waals surface area (Å²) in [6.07, 6.45) is -3.34. The van der Waals surface area contributed by atoms with Crippen LogP contribution in [0.25, 0.3) is 0 Å². The highest BCUT2D eigenvalue weighted by Gasteiger charge is 2.31. The molecule has 0 bridgehead atoms. The largest absolute Gasteiger partial charge is 0.416 e. The maximum absolute atomic E-state index is 12.9. The second kappa shape index (κ2) is 9.84. The number of ether oxygens (including phenoxy) is 1. The van der Waals surface area contributed by atoms with Crippen molar-refractivity contribution in [3.63, 3.8) is 0 Å². The second-order valence-corrected chi connectivity index (χ2v) is 5.59. The van der Waals surface area contributed by atoms with Crippen LogP contribution in [0.2, 0.25) is 0 Å². The smallest absolute Gasteiger partial charge is 0.383 e. The lowest BCUT2D eigenvalue weighted by atomic mass is 10.1. The van der Waals surface area contributed by atoms with E-state index in [1.165, 1.54) is 6.07 Å². The third-order valence-electron chi connectivity index (χ3n) is 3.67. The third kappa shape index (κ3) is 6.37. The molecule has 2 rings (SSSR count). The van der Waals surface area contributed by atoms with Crippen LogP contribution >= 0.6 is 12.4 Å². The first-order valence-corrected chi connectivity index (χ1v) is 8.00. The molecule has 1 atom stereocenters. The van der Waals surface area contributed by atoms with Crippen LogP contribution in [0, 0.1) is 0 Å². The lowest BCUT2D eigenvalue weighted by Gasteiger charge is -2.23. The van der Waals surface area contributed by atoms with E-state index in [0.29, 0.717) is 31.9 Å². The van der Waals surface area contributed by atoms with Gasteiger partial charge in [0.2, 0.25) is 0 Å². The van der Waals surface area contributed by atoms with E-state index in [9.17, 15) is 18.0 Å². The van der Waals surface area contributed by atoms with Crippen molar-refractivity contribution < 1.29 is 22.7 Å². The summed E-state index contributed by atoms with van der Waals surface area (Å²) in [5.74, 6) is -0.458. The Bertz CT molecular complexity index is 564. The molecule has 1 amide bonds. The van der Waals surface area contributed by atoms with E-state index in [-0.39, 0.29) is 18.1 Å². The van der Waals surface area contributed by atoms with Gasteiger partial charge in [0, 0.05) is 19.6 Å². The molecule has 1 aromatic rings. The van der Waals surface area contributed by atoms with Crippen LogP contribution in [0.3, 0.4) is 0 Å². The number of alkyl halides is 3. The Hall–Kier alpha value is -1.51. The molecule has 25 heavy (non-hydrogen) atoms. The van der Waals surface area contributed by atoms with Crippen LogP contribution < -0.4 is 16.0 Å². The highest BCUT2D eigenvalue weighted by atomic mass is 35.5. The number of hydrogen-bond acceptors (Lipinski definition) is 4. The Balaban J connectivity index is 0.00000312. The number of carbonyl (C=O) groups is 1. The molecule has 1 aliphatic rings. The average molecular weight is 382 g/mol. The molecule has 0 unspecified atom stereocenters. The summed E-state index contributed by atoms with van der Waals surface area (Å²) in [5, 5.41) is 8.63. The van der Waals surface area contributed by atoms with E-state index in [1.807, 2.05) is 6.92 Å². The van der Waals surface area contributed by atoms with Gasteiger partial charge in [0.15, 0.2) is 0 Å².